The first-order chi connectivity index (χ1) is 8.65. The molecule has 2 rings (SSSR count). The van der Waals surface area contributed by atoms with Gasteiger partial charge in [0.1, 0.15) is 0 Å². The number of nitriles is 1. The summed E-state index contributed by atoms with van der Waals surface area (Å²) in [6.45, 7) is 6.12. The van der Waals surface area contributed by atoms with E-state index in [1.165, 1.54) is 23.1 Å². The zero-order valence-electron chi connectivity index (χ0n) is 11.4. The first kappa shape index (κ1) is 13.1. The molecule has 1 saturated carbocycles. The largest absolute Gasteiger partial charge is 0.315 e. The van der Waals surface area contributed by atoms with Gasteiger partial charge in [0.15, 0.2) is 0 Å². The lowest BCUT2D eigenvalue weighted by Crippen LogP contribution is -2.39. The second-order valence-electron chi connectivity index (χ2n) is 5.60. The first-order valence-corrected chi connectivity index (χ1v) is 6.83. The molecule has 1 N–H and O–H groups in total. The van der Waals surface area contributed by atoms with Crippen molar-refractivity contribution in [2.24, 2.45) is 5.41 Å². The van der Waals surface area contributed by atoms with E-state index in [0.29, 0.717) is 0 Å². The van der Waals surface area contributed by atoms with Gasteiger partial charge in [0.25, 0.3) is 0 Å². The molecule has 1 aliphatic carbocycles. The third-order valence-electron chi connectivity index (χ3n) is 4.09. The third kappa shape index (κ3) is 2.91. The molecule has 2 heteroatoms. The number of benzene rings is 1. The lowest BCUT2D eigenvalue weighted by atomic mass is 9.70. The van der Waals surface area contributed by atoms with Crippen LogP contribution in [-0.2, 0) is 6.42 Å². The third-order valence-corrected chi connectivity index (χ3v) is 4.09. The minimum absolute atomic E-state index is 0.0539. The monoisotopic (exact) mass is 242 g/mol. The molecule has 0 aliphatic heterocycles. The van der Waals surface area contributed by atoms with Gasteiger partial charge in [-0.3, -0.25) is 0 Å². The summed E-state index contributed by atoms with van der Waals surface area (Å²) in [5.41, 5.74) is 4.05. The van der Waals surface area contributed by atoms with Gasteiger partial charge in [-0.05, 0) is 50.8 Å². The number of aryl methyl sites for hydroxylation is 2. The van der Waals surface area contributed by atoms with Crippen LogP contribution in [0.4, 0.5) is 0 Å². The molecule has 0 spiro atoms. The quantitative estimate of drug-likeness (QED) is 0.805. The van der Waals surface area contributed by atoms with Crippen molar-refractivity contribution in [3.8, 4) is 6.07 Å². The Labute approximate surface area is 110 Å². The molecule has 0 radical (unpaired) electrons. The van der Waals surface area contributed by atoms with Gasteiger partial charge in [0.05, 0.1) is 11.5 Å². The van der Waals surface area contributed by atoms with Crippen LogP contribution in [0.15, 0.2) is 18.2 Å². The molecule has 18 heavy (non-hydrogen) atoms. The SMILES string of the molecule is Cc1ccc(C)c(CCNCC2(C#N)CCC2)c1. The van der Waals surface area contributed by atoms with Crippen molar-refractivity contribution in [3.05, 3.63) is 34.9 Å². The second kappa shape index (κ2) is 5.54. The topological polar surface area (TPSA) is 35.8 Å². The Hall–Kier alpha value is -1.33. The molecule has 1 aliphatic rings. The molecule has 0 amide bonds. The van der Waals surface area contributed by atoms with Gasteiger partial charge in [0, 0.05) is 6.54 Å². The van der Waals surface area contributed by atoms with Gasteiger partial charge in [-0.15, -0.1) is 0 Å². The summed E-state index contributed by atoms with van der Waals surface area (Å²) < 4.78 is 0. The summed E-state index contributed by atoms with van der Waals surface area (Å²) >= 11 is 0. The Bertz CT molecular complexity index is 453. The van der Waals surface area contributed by atoms with E-state index in [1.807, 2.05) is 0 Å². The molecule has 1 aromatic rings. The van der Waals surface area contributed by atoms with E-state index in [2.05, 4.69) is 43.4 Å². The predicted molar refractivity (Wildman–Crippen MR) is 74.4 cm³/mol. The Balaban J connectivity index is 1.79. The summed E-state index contributed by atoms with van der Waals surface area (Å²) in [5.74, 6) is 0. The highest BCUT2D eigenvalue weighted by molar-refractivity contribution is 5.30. The summed E-state index contributed by atoms with van der Waals surface area (Å²) in [5, 5.41) is 12.6. The Morgan fingerprint density at radius 3 is 2.72 bits per heavy atom. The predicted octanol–water partition coefficient (Wildman–Crippen LogP) is 3.13. The van der Waals surface area contributed by atoms with Crippen molar-refractivity contribution < 1.29 is 0 Å². The molecule has 1 aromatic carbocycles. The minimum Gasteiger partial charge on any atom is -0.315 e. The number of rotatable bonds is 5. The van der Waals surface area contributed by atoms with Crippen molar-refractivity contribution >= 4 is 0 Å². The number of hydrogen-bond donors (Lipinski definition) is 1. The smallest absolute Gasteiger partial charge is 0.0703 e. The zero-order valence-corrected chi connectivity index (χ0v) is 11.4. The highest BCUT2D eigenvalue weighted by atomic mass is 14.9. The normalized spacial score (nSPS) is 16.9. The number of nitrogens with zero attached hydrogens (tertiary/aromatic N) is 1. The van der Waals surface area contributed by atoms with E-state index in [9.17, 15) is 0 Å². The summed E-state index contributed by atoms with van der Waals surface area (Å²) in [6.07, 6.45) is 4.40. The van der Waals surface area contributed by atoms with Crippen LogP contribution in [0.5, 0.6) is 0 Å². The minimum atomic E-state index is -0.0539. The Morgan fingerprint density at radius 2 is 2.11 bits per heavy atom. The van der Waals surface area contributed by atoms with E-state index in [4.69, 9.17) is 5.26 Å². The average molecular weight is 242 g/mol. The second-order valence-corrected chi connectivity index (χ2v) is 5.60. The fraction of sp³-hybridized carbons (Fsp3) is 0.562. The van der Waals surface area contributed by atoms with Crippen molar-refractivity contribution in [3.63, 3.8) is 0 Å². The molecule has 0 saturated heterocycles. The van der Waals surface area contributed by atoms with E-state index in [1.54, 1.807) is 0 Å². The Morgan fingerprint density at radius 1 is 1.33 bits per heavy atom. The maximum Gasteiger partial charge on any atom is 0.0703 e. The van der Waals surface area contributed by atoms with Gasteiger partial charge in [-0.2, -0.15) is 5.26 Å². The number of nitrogens with one attached hydrogen (secondary N) is 1. The highest BCUT2D eigenvalue weighted by Crippen LogP contribution is 2.39. The fourth-order valence-electron chi connectivity index (χ4n) is 2.55. The van der Waals surface area contributed by atoms with E-state index < -0.39 is 0 Å². The van der Waals surface area contributed by atoms with E-state index >= 15 is 0 Å². The van der Waals surface area contributed by atoms with Gasteiger partial charge >= 0.3 is 0 Å². The molecule has 0 aromatic heterocycles. The standard InChI is InChI=1S/C16H22N2/c1-13-4-5-14(2)15(10-13)6-9-18-12-16(11-17)7-3-8-16/h4-5,10,18H,3,6-9,12H2,1-2H3. The molecular formula is C16H22N2. The molecule has 0 heterocycles. The molecule has 0 atom stereocenters. The fourth-order valence-corrected chi connectivity index (χ4v) is 2.55. The maximum atomic E-state index is 9.14. The van der Waals surface area contributed by atoms with Crippen molar-refractivity contribution in [1.82, 2.24) is 5.32 Å². The van der Waals surface area contributed by atoms with Crippen LogP contribution in [-0.4, -0.2) is 13.1 Å². The zero-order chi connectivity index (χ0) is 13.0. The molecule has 2 nitrogen and oxygen atoms in total. The van der Waals surface area contributed by atoms with Gasteiger partial charge in [-0.1, -0.05) is 30.2 Å². The van der Waals surface area contributed by atoms with Crippen LogP contribution in [0.2, 0.25) is 0 Å². The lowest BCUT2D eigenvalue weighted by Gasteiger charge is -2.35. The van der Waals surface area contributed by atoms with Crippen LogP contribution < -0.4 is 5.32 Å². The van der Waals surface area contributed by atoms with Gasteiger partial charge < -0.3 is 5.32 Å². The maximum absolute atomic E-state index is 9.14. The van der Waals surface area contributed by atoms with Crippen LogP contribution >= 0.6 is 0 Å². The molecular weight excluding hydrogens is 220 g/mol. The summed E-state index contributed by atoms with van der Waals surface area (Å²) in [7, 11) is 0. The van der Waals surface area contributed by atoms with Crippen molar-refractivity contribution in [1.29, 1.82) is 5.26 Å². The summed E-state index contributed by atoms with van der Waals surface area (Å²) in [4.78, 5) is 0. The van der Waals surface area contributed by atoms with Gasteiger partial charge in [0.2, 0.25) is 0 Å². The van der Waals surface area contributed by atoms with Crippen LogP contribution in [0, 0.1) is 30.6 Å². The van der Waals surface area contributed by atoms with Crippen LogP contribution in [0.25, 0.3) is 0 Å². The molecule has 0 bridgehead atoms. The molecule has 96 valence electrons. The van der Waals surface area contributed by atoms with Crippen LogP contribution in [0.1, 0.15) is 36.0 Å². The van der Waals surface area contributed by atoms with Crippen molar-refractivity contribution in [2.45, 2.75) is 39.5 Å². The highest BCUT2D eigenvalue weighted by Gasteiger charge is 2.36. The average Bonchev–Trinajstić information content (AvgIpc) is 2.31. The van der Waals surface area contributed by atoms with E-state index in [-0.39, 0.29) is 5.41 Å². The molecule has 1 fully saturated rings. The van der Waals surface area contributed by atoms with E-state index in [0.717, 1.165) is 32.4 Å². The summed E-state index contributed by atoms with van der Waals surface area (Å²) in [6, 6.07) is 9.08. The molecule has 0 unspecified atom stereocenters. The first-order valence-electron chi connectivity index (χ1n) is 6.83. The Kier molecular flexibility index (Phi) is 4.04. The number of hydrogen-bond acceptors (Lipinski definition) is 2. The van der Waals surface area contributed by atoms with Crippen LogP contribution in [0.3, 0.4) is 0 Å². The van der Waals surface area contributed by atoms with Gasteiger partial charge in [-0.25, -0.2) is 0 Å². The van der Waals surface area contributed by atoms with Crippen molar-refractivity contribution in [2.75, 3.05) is 13.1 Å². The lowest BCUT2D eigenvalue weighted by molar-refractivity contribution is 0.208.